The fourth-order valence-corrected chi connectivity index (χ4v) is 4.19. The highest BCUT2D eigenvalue weighted by molar-refractivity contribution is 6.01. The normalized spacial score (nSPS) is 16.1. The van der Waals surface area contributed by atoms with Gasteiger partial charge in [0.2, 0.25) is 5.82 Å². The van der Waals surface area contributed by atoms with Gasteiger partial charge in [0.15, 0.2) is 0 Å². The molecule has 1 N–H and O–H groups in total. The molecule has 34 heavy (non-hydrogen) atoms. The lowest BCUT2D eigenvalue weighted by Crippen LogP contribution is -2.46. The van der Waals surface area contributed by atoms with Gasteiger partial charge in [0.05, 0.1) is 17.3 Å². The summed E-state index contributed by atoms with van der Waals surface area (Å²) in [5, 5.41) is 7.17. The minimum Gasteiger partial charge on any atom is -0.334 e. The lowest BCUT2D eigenvalue weighted by atomic mass is 9.94. The SMILES string of the molecule is CC1=C(c2nc(-c3ccc(C)cc3)no2)C(c2cccc(F)c2)NC(=O)N1c1cccc(C)c1. The topological polar surface area (TPSA) is 71.3 Å². The molecule has 1 aromatic heterocycles. The number of aromatic nitrogens is 2. The van der Waals surface area contributed by atoms with Crippen molar-refractivity contribution in [2.24, 2.45) is 0 Å². The third-order valence-electron chi connectivity index (χ3n) is 5.89. The molecule has 1 aliphatic heterocycles. The molecule has 4 aromatic rings. The lowest BCUT2D eigenvalue weighted by Gasteiger charge is -2.35. The van der Waals surface area contributed by atoms with E-state index in [1.54, 1.807) is 17.0 Å². The molecule has 2 heterocycles. The van der Waals surface area contributed by atoms with Gasteiger partial charge >= 0.3 is 6.03 Å². The van der Waals surface area contributed by atoms with Crippen molar-refractivity contribution in [3.63, 3.8) is 0 Å². The van der Waals surface area contributed by atoms with Crippen molar-refractivity contribution >= 4 is 17.3 Å². The van der Waals surface area contributed by atoms with E-state index in [-0.39, 0.29) is 11.9 Å². The zero-order valence-electron chi connectivity index (χ0n) is 19.0. The maximum Gasteiger partial charge on any atom is 0.326 e. The van der Waals surface area contributed by atoms with Crippen molar-refractivity contribution < 1.29 is 13.7 Å². The summed E-state index contributed by atoms with van der Waals surface area (Å²) in [6.07, 6.45) is 0. The van der Waals surface area contributed by atoms with E-state index < -0.39 is 11.9 Å². The van der Waals surface area contributed by atoms with Crippen LogP contribution < -0.4 is 10.2 Å². The van der Waals surface area contributed by atoms with Crippen LogP contribution in [0, 0.1) is 19.7 Å². The summed E-state index contributed by atoms with van der Waals surface area (Å²) >= 11 is 0. The van der Waals surface area contributed by atoms with Gasteiger partial charge in [-0.15, -0.1) is 0 Å². The Bertz CT molecular complexity index is 1410. The number of benzene rings is 3. The lowest BCUT2D eigenvalue weighted by molar-refractivity contribution is 0.244. The van der Waals surface area contributed by atoms with Gasteiger partial charge in [0.1, 0.15) is 5.82 Å². The molecule has 5 rings (SSSR count). The molecule has 0 aliphatic carbocycles. The Kier molecular flexibility index (Phi) is 5.45. The summed E-state index contributed by atoms with van der Waals surface area (Å²) in [6, 6.07) is 20.6. The van der Waals surface area contributed by atoms with Crippen molar-refractivity contribution in [3.8, 4) is 11.4 Å². The fraction of sp³-hybridized carbons (Fsp3) is 0.148. The van der Waals surface area contributed by atoms with Crippen molar-refractivity contribution in [1.82, 2.24) is 15.5 Å². The fourth-order valence-electron chi connectivity index (χ4n) is 4.19. The number of nitrogens with one attached hydrogen (secondary N) is 1. The van der Waals surface area contributed by atoms with Crippen LogP contribution in [0.25, 0.3) is 17.0 Å². The number of carbonyl (C=O) groups excluding carboxylic acids is 1. The van der Waals surface area contributed by atoms with Crippen LogP contribution in [0.4, 0.5) is 14.9 Å². The molecular weight excluding hydrogens is 431 g/mol. The number of anilines is 1. The molecule has 1 unspecified atom stereocenters. The first kappa shape index (κ1) is 21.6. The average Bonchev–Trinajstić information content (AvgIpc) is 3.29. The quantitative estimate of drug-likeness (QED) is 0.399. The van der Waals surface area contributed by atoms with Crippen molar-refractivity contribution in [2.75, 3.05) is 4.90 Å². The molecule has 0 saturated carbocycles. The number of carbonyl (C=O) groups is 1. The van der Waals surface area contributed by atoms with Crippen LogP contribution in [0.1, 0.15) is 35.5 Å². The number of rotatable bonds is 4. The molecule has 1 atom stereocenters. The molecule has 2 amide bonds. The smallest absolute Gasteiger partial charge is 0.326 e. The van der Waals surface area contributed by atoms with Gasteiger partial charge < -0.3 is 9.84 Å². The van der Waals surface area contributed by atoms with E-state index in [9.17, 15) is 9.18 Å². The zero-order chi connectivity index (χ0) is 23.8. The maximum atomic E-state index is 14.1. The minimum absolute atomic E-state index is 0.264. The number of amides is 2. The van der Waals surface area contributed by atoms with E-state index in [0.29, 0.717) is 28.3 Å². The minimum atomic E-state index is -0.657. The molecule has 6 nitrogen and oxygen atoms in total. The summed E-state index contributed by atoms with van der Waals surface area (Å²) < 4.78 is 19.8. The number of aryl methyl sites for hydroxylation is 2. The first-order valence-corrected chi connectivity index (χ1v) is 11.0. The maximum absolute atomic E-state index is 14.1. The first-order valence-electron chi connectivity index (χ1n) is 11.0. The van der Waals surface area contributed by atoms with Crippen LogP contribution in [0.3, 0.4) is 0 Å². The molecule has 0 spiro atoms. The second-order valence-corrected chi connectivity index (χ2v) is 8.40. The number of hydrogen-bond donors (Lipinski definition) is 1. The summed E-state index contributed by atoms with van der Waals surface area (Å²) in [5.41, 5.74) is 5.49. The third-order valence-corrected chi connectivity index (χ3v) is 5.89. The molecule has 0 bridgehead atoms. The highest BCUT2D eigenvalue weighted by Gasteiger charge is 2.36. The van der Waals surface area contributed by atoms with E-state index in [2.05, 4.69) is 15.5 Å². The Morgan fingerprint density at radius 3 is 2.44 bits per heavy atom. The molecule has 3 aromatic carbocycles. The Morgan fingerprint density at radius 1 is 0.941 bits per heavy atom. The number of nitrogens with zero attached hydrogens (tertiary/aromatic N) is 3. The molecule has 7 heteroatoms. The van der Waals surface area contributed by atoms with Crippen LogP contribution >= 0.6 is 0 Å². The van der Waals surface area contributed by atoms with Crippen LogP contribution in [0.2, 0.25) is 0 Å². The predicted octanol–water partition coefficient (Wildman–Crippen LogP) is 6.19. The van der Waals surface area contributed by atoms with Crippen molar-refractivity contribution in [1.29, 1.82) is 0 Å². The molecule has 0 radical (unpaired) electrons. The van der Waals surface area contributed by atoms with Crippen LogP contribution in [-0.4, -0.2) is 16.2 Å². The van der Waals surface area contributed by atoms with E-state index in [1.807, 2.05) is 69.3 Å². The number of urea groups is 1. The monoisotopic (exact) mass is 454 g/mol. The summed E-state index contributed by atoms with van der Waals surface area (Å²) in [7, 11) is 0. The predicted molar refractivity (Wildman–Crippen MR) is 128 cm³/mol. The van der Waals surface area contributed by atoms with Crippen LogP contribution in [0.15, 0.2) is 83.0 Å². The van der Waals surface area contributed by atoms with Gasteiger partial charge in [0, 0.05) is 11.3 Å². The Morgan fingerprint density at radius 2 is 1.71 bits per heavy atom. The highest BCUT2D eigenvalue weighted by Crippen LogP contribution is 2.39. The second kappa shape index (κ2) is 8.59. The molecule has 1 aliphatic rings. The van der Waals surface area contributed by atoms with Crippen LogP contribution in [-0.2, 0) is 0 Å². The molecule has 0 saturated heterocycles. The van der Waals surface area contributed by atoms with E-state index >= 15 is 0 Å². The van der Waals surface area contributed by atoms with Gasteiger partial charge in [-0.25, -0.2) is 9.18 Å². The molecule has 0 fully saturated rings. The van der Waals surface area contributed by atoms with Gasteiger partial charge in [-0.05, 0) is 56.2 Å². The van der Waals surface area contributed by atoms with Crippen molar-refractivity contribution in [2.45, 2.75) is 26.8 Å². The highest BCUT2D eigenvalue weighted by atomic mass is 19.1. The average molecular weight is 455 g/mol. The number of allylic oxidation sites excluding steroid dienone is 1. The first-order chi connectivity index (χ1) is 16.4. The largest absolute Gasteiger partial charge is 0.334 e. The van der Waals surface area contributed by atoms with E-state index in [0.717, 1.165) is 16.7 Å². The third kappa shape index (κ3) is 3.96. The van der Waals surface area contributed by atoms with E-state index in [4.69, 9.17) is 4.52 Å². The standard InChI is InChI=1S/C27H23FN4O2/c1-16-10-12-19(13-11-16)25-30-26(34-31-25)23-18(3)32(22-9-4-6-17(2)14-22)27(33)29-24(23)20-7-5-8-21(28)15-20/h4-15,24H,1-3H3,(H,29,33). The Labute approximate surface area is 196 Å². The Balaban J connectivity index is 1.66. The second-order valence-electron chi connectivity index (χ2n) is 8.40. The number of hydrogen-bond acceptors (Lipinski definition) is 4. The molecule has 170 valence electrons. The summed E-state index contributed by atoms with van der Waals surface area (Å²) in [5.74, 6) is 0.308. The van der Waals surface area contributed by atoms with Gasteiger partial charge in [-0.3, -0.25) is 4.90 Å². The van der Waals surface area contributed by atoms with E-state index in [1.165, 1.54) is 12.1 Å². The summed E-state index contributed by atoms with van der Waals surface area (Å²) in [4.78, 5) is 19.5. The van der Waals surface area contributed by atoms with Gasteiger partial charge in [0.25, 0.3) is 5.89 Å². The van der Waals surface area contributed by atoms with Gasteiger partial charge in [-0.2, -0.15) is 4.98 Å². The van der Waals surface area contributed by atoms with Crippen LogP contribution in [0.5, 0.6) is 0 Å². The Hall–Kier alpha value is -4.26. The van der Waals surface area contributed by atoms with Gasteiger partial charge in [-0.1, -0.05) is 59.3 Å². The summed E-state index contributed by atoms with van der Waals surface area (Å²) in [6.45, 7) is 5.80. The number of halogens is 1. The molecular formula is C27H23FN4O2. The zero-order valence-corrected chi connectivity index (χ0v) is 19.0. The van der Waals surface area contributed by atoms with Crippen molar-refractivity contribution in [3.05, 3.63) is 107 Å².